The van der Waals surface area contributed by atoms with Gasteiger partial charge >= 0.3 is 5.97 Å². The zero-order chi connectivity index (χ0) is 15.4. The number of ether oxygens (including phenoxy) is 2. The number of esters is 1. The highest BCUT2D eigenvalue weighted by atomic mass is 32.2. The van der Waals surface area contributed by atoms with Crippen LogP contribution in [0.4, 0.5) is 0 Å². The fraction of sp³-hybridized carbons (Fsp3) is 0.750. The number of carbonyl (C=O) groups excluding carboxylic acids is 1. The van der Waals surface area contributed by atoms with E-state index in [2.05, 4.69) is 26.0 Å². The molecular formula is C16H25NO3S. The van der Waals surface area contributed by atoms with E-state index in [0.717, 1.165) is 12.8 Å². The SMILES string of the molecule is CC=CCCC1=N[C@@H]2[C@@H](C)[C@H](C)[C@@H](COC(C)=O)O[C@@H]2S1. The van der Waals surface area contributed by atoms with Crippen molar-refractivity contribution in [3.8, 4) is 0 Å². The Balaban J connectivity index is 1.95. The van der Waals surface area contributed by atoms with E-state index in [-0.39, 0.29) is 23.6 Å². The molecule has 0 amide bonds. The monoisotopic (exact) mass is 311 g/mol. The summed E-state index contributed by atoms with van der Waals surface area (Å²) in [5.41, 5.74) is 0.0809. The smallest absolute Gasteiger partial charge is 0.302 e. The van der Waals surface area contributed by atoms with Crippen molar-refractivity contribution in [1.82, 2.24) is 0 Å². The van der Waals surface area contributed by atoms with Crippen molar-refractivity contribution >= 4 is 22.8 Å². The Morgan fingerprint density at radius 3 is 2.86 bits per heavy atom. The lowest BCUT2D eigenvalue weighted by atomic mass is 9.83. The lowest BCUT2D eigenvalue weighted by Gasteiger charge is -2.40. The molecule has 0 aliphatic carbocycles. The highest BCUT2D eigenvalue weighted by Crippen LogP contribution is 2.42. The molecule has 0 aromatic carbocycles. The first-order valence-corrected chi connectivity index (χ1v) is 8.54. The molecule has 1 fully saturated rings. The first-order valence-electron chi connectivity index (χ1n) is 7.66. The molecule has 118 valence electrons. The van der Waals surface area contributed by atoms with Gasteiger partial charge in [0.1, 0.15) is 12.0 Å². The van der Waals surface area contributed by atoms with Gasteiger partial charge in [0.05, 0.1) is 17.2 Å². The molecule has 2 aliphatic heterocycles. The van der Waals surface area contributed by atoms with Gasteiger partial charge < -0.3 is 9.47 Å². The zero-order valence-electron chi connectivity index (χ0n) is 13.2. The summed E-state index contributed by atoms with van der Waals surface area (Å²) >= 11 is 1.74. The van der Waals surface area contributed by atoms with Crippen LogP contribution in [0.1, 0.15) is 40.5 Å². The minimum absolute atomic E-state index is 0.0252. The Morgan fingerprint density at radius 1 is 1.43 bits per heavy atom. The average molecular weight is 311 g/mol. The normalized spacial score (nSPS) is 35.6. The number of thioether (sulfide) groups is 1. The first kappa shape index (κ1) is 16.6. The summed E-state index contributed by atoms with van der Waals surface area (Å²) in [5.74, 6) is 0.531. The average Bonchev–Trinajstić information content (AvgIpc) is 2.84. The van der Waals surface area contributed by atoms with Gasteiger partial charge in [-0.25, -0.2) is 0 Å². The fourth-order valence-electron chi connectivity index (χ4n) is 2.77. The molecule has 0 saturated carbocycles. The summed E-state index contributed by atoms with van der Waals surface area (Å²) in [6, 6.07) is 0.235. The second kappa shape index (κ2) is 7.45. The van der Waals surface area contributed by atoms with E-state index < -0.39 is 0 Å². The topological polar surface area (TPSA) is 47.9 Å². The summed E-state index contributed by atoms with van der Waals surface area (Å²) in [4.78, 5) is 15.8. The van der Waals surface area contributed by atoms with Gasteiger partial charge in [0.2, 0.25) is 0 Å². The molecule has 4 nitrogen and oxygen atoms in total. The minimum atomic E-state index is -0.247. The zero-order valence-corrected chi connectivity index (χ0v) is 14.1. The Kier molecular flexibility index (Phi) is 5.88. The molecule has 0 N–H and O–H groups in total. The Morgan fingerprint density at radius 2 is 2.19 bits per heavy atom. The third-order valence-electron chi connectivity index (χ3n) is 4.30. The number of hydrogen-bond acceptors (Lipinski definition) is 5. The van der Waals surface area contributed by atoms with Gasteiger partial charge in [-0.15, -0.1) is 0 Å². The predicted molar refractivity (Wildman–Crippen MR) is 86.5 cm³/mol. The van der Waals surface area contributed by atoms with Gasteiger partial charge in [-0.2, -0.15) is 0 Å². The van der Waals surface area contributed by atoms with Crippen LogP contribution in [0.5, 0.6) is 0 Å². The highest BCUT2D eigenvalue weighted by Gasteiger charge is 2.45. The van der Waals surface area contributed by atoms with Gasteiger partial charge in [0, 0.05) is 6.92 Å². The van der Waals surface area contributed by atoms with Gasteiger partial charge in [-0.05, 0) is 31.6 Å². The maximum Gasteiger partial charge on any atom is 0.302 e. The molecule has 2 rings (SSSR count). The quantitative estimate of drug-likeness (QED) is 0.576. The van der Waals surface area contributed by atoms with E-state index in [1.54, 1.807) is 11.8 Å². The van der Waals surface area contributed by atoms with E-state index in [1.165, 1.54) is 12.0 Å². The predicted octanol–water partition coefficient (Wildman–Crippen LogP) is 3.42. The van der Waals surface area contributed by atoms with Crippen LogP contribution in [0.15, 0.2) is 17.1 Å². The fourth-order valence-corrected chi connectivity index (χ4v) is 4.10. The number of rotatable bonds is 5. The van der Waals surface area contributed by atoms with Crippen LogP contribution < -0.4 is 0 Å². The second-order valence-corrected chi connectivity index (χ2v) is 6.97. The summed E-state index contributed by atoms with van der Waals surface area (Å²) in [5, 5.41) is 1.19. The lowest BCUT2D eigenvalue weighted by Crippen LogP contribution is -2.47. The number of nitrogens with zero attached hydrogens (tertiary/aromatic N) is 1. The van der Waals surface area contributed by atoms with Crippen LogP contribution in [0.2, 0.25) is 0 Å². The summed E-state index contributed by atoms with van der Waals surface area (Å²) in [7, 11) is 0. The molecule has 0 aromatic rings. The first-order chi connectivity index (χ1) is 10.0. The van der Waals surface area contributed by atoms with Gasteiger partial charge in [0.15, 0.2) is 0 Å². The standard InChI is InChI=1S/C16H25NO3S/c1-5-6-7-8-14-17-15-11(3)10(2)13(9-19-12(4)18)20-16(15)21-14/h5-6,10-11,13,15-16H,7-9H2,1-4H3/t10-,11-,13+,15+,16+/m0/s1. The molecule has 0 radical (unpaired) electrons. The highest BCUT2D eigenvalue weighted by molar-refractivity contribution is 8.14. The van der Waals surface area contributed by atoms with Crippen molar-refractivity contribution < 1.29 is 14.3 Å². The van der Waals surface area contributed by atoms with Crippen molar-refractivity contribution in [1.29, 1.82) is 0 Å². The van der Waals surface area contributed by atoms with E-state index in [9.17, 15) is 4.79 Å². The van der Waals surface area contributed by atoms with Gasteiger partial charge in [-0.3, -0.25) is 9.79 Å². The number of fused-ring (bicyclic) bond motifs is 1. The number of hydrogen-bond donors (Lipinski definition) is 0. The maximum atomic E-state index is 11.0. The Hall–Kier alpha value is -0.810. The van der Waals surface area contributed by atoms with E-state index >= 15 is 0 Å². The van der Waals surface area contributed by atoms with Crippen molar-refractivity contribution in [3.05, 3.63) is 12.2 Å². The van der Waals surface area contributed by atoms with Crippen LogP contribution >= 0.6 is 11.8 Å². The third kappa shape index (κ3) is 4.10. The molecule has 2 aliphatic rings. The van der Waals surface area contributed by atoms with Crippen molar-refractivity contribution in [2.24, 2.45) is 16.8 Å². The molecule has 0 aromatic heterocycles. The number of carbonyl (C=O) groups is 1. The second-order valence-electron chi connectivity index (χ2n) is 5.80. The van der Waals surface area contributed by atoms with Crippen molar-refractivity contribution in [2.75, 3.05) is 6.61 Å². The van der Waals surface area contributed by atoms with Crippen LogP contribution in [0, 0.1) is 11.8 Å². The molecule has 5 heteroatoms. The molecule has 0 unspecified atom stereocenters. The van der Waals surface area contributed by atoms with Gasteiger partial charge in [0.25, 0.3) is 0 Å². The molecule has 1 saturated heterocycles. The van der Waals surface area contributed by atoms with Crippen LogP contribution in [-0.4, -0.2) is 35.2 Å². The molecule has 21 heavy (non-hydrogen) atoms. The van der Waals surface area contributed by atoms with Crippen molar-refractivity contribution in [2.45, 2.75) is 58.1 Å². The third-order valence-corrected chi connectivity index (χ3v) is 5.50. The Bertz CT molecular complexity index is 435. The molecular weight excluding hydrogens is 286 g/mol. The summed E-state index contributed by atoms with van der Waals surface area (Å²) < 4.78 is 11.3. The van der Waals surface area contributed by atoms with E-state index in [4.69, 9.17) is 14.5 Å². The molecule has 2 heterocycles. The minimum Gasteiger partial charge on any atom is -0.463 e. The van der Waals surface area contributed by atoms with Crippen LogP contribution in [0.25, 0.3) is 0 Å². The van der Waals surface area contributed by atoms with Crippen molar-refractivity contribution in [3.63, 3.8) is 0 Å². The number of allylic oxidation sites excluding steroid dienone is 2. The van der Waals surface area contributed by atoms with Gasteiger partial charge in [-0.1, -0.05) is 37.8 Å². The maximum absolute atomic E-state index is 11.0. The molecule has 5 atom stereocenters. The summed E-state index contributed by atoms with van der Waals surface area (Å²) in [6.07, 6.45) is 6.23. The van der Waals surface area contributed by atoms with Crippen LogP contribution in [-0.2, 0) is 14.3 Å². The largest absolute Gasteiger partial charge is 0.463 e. The lowest BCUT2D eigenvalue weighted by molar-refractivity contribution is -0.152. The summed E-state index contributed by atoms with van der Waals surface area (Å²) in [6.45, 7) is 8.21. The van der Waals surface area contributed by atoms with Crippen LogP contribution in [0.3, 0.4) is 0 Å². The number of aliphatic imine (C=N–C) groups is 1. The Labute approximate surface area is 131 Å². The van der Waals surface area contributed by atoms with E-state index in [1.807, 2.05) is 6.92 Å². The van der Waals surface area contributed by atoms with E-state index in [0.29, 0.717) is 18.4 Å². The molecule has 0 bridgehead atoms. The molecule has 0 spiro atoms.